The number of halogens is 2. The van der Waals surface area contributed by atoms with Crippen LogP contribution in [0.2, 0.25) is 5.02 Å². The summed E-state index contributed by atoms with van der Waals surface area (Å²) in [5.74, 6) is -0.877. The van der Waals surface area contributed by atoms with Gasteiger partial charge in [-0.25, -0.2) is 8.42 Å². The number of amides is 2. The van der Waals surface area contributed by atoms with E-state index in [4.69, 9.17) is 11.6 Å². The van der Waals surface area contributed by atoms with Crippen LogP contribution in [0.15, 0.2) is 77.3 Å². The van der Waals surface area contributed by atoms with Crippen LogP contribution < -0.4 is 9.62 Å². The Hall–Kier alpha value is -2.88. The minimum absolute atomic E-state index is 0.0184. The molecule has 0 unspecified atom stereocenters. The summed E-state index contributed by atoms with van der Waals surface area (Å²) in [4.78, 5) is 29.3. The molecule has 0 bridgehead atoms. The number of hydrogen-bond donors (Lipinski definition) is 1. The van der Waals surface area contributed by atoms with E-state index in [0.717, 1.165) is 26.2 Å². The SMILES string of the molecule is Cc1cc(N(CC(=O)N(Cc2ccccc2Cl)[C@H](Cc2ccccc2)C(=O)NC(C)(C)C)S(C)(=O)=O)ccc1Br. The van der Waals surface area contributed by atoms with Crippen molar-refractivity contribution < 1.29 is 18.0 Å². The molecule has 10 heteroatoms. The Morgan fingerprint density at radius 1 is 1.00 bits per heavy atom. The van der Waals surface area contributed by atoms with Crippen molar-refractivity contribution in [1.29, 1.82) is 0 Å². The first-order valence-corrected chi connectivity index (χ1v) is 15.8. The van der Waals surface area contributed by atoms with Gasteiger partial charge in [-0.2, -0.15) is 0 Å². The van der Waals surface area contributed by atoms with E-state index >= 15 is 0 Å². The lowest BCUT2D eigenvalue weighted by molar-refractivity contribution is -0.140. The van der Waals surface area contributed by atoms with Crippen molar-refractivity contribution in [2.24, 2.45) is 0 Å². The standard InChI is InChI=1S/C30H35BrClN3O4S/c1-21-17-24(15-16-25(21)31)35(40(5,38)39)20-28(36)34(19-23-13-9-10-14-26(23)32)27(29(37)33-30(2,3)4)18-22-11-7-6-8-12-22/h6-17,27H,18-20H2,1-5H3,(H,33,37)/t27-/m1/s1. The minimum Gasteiger partial charge on any atom is -0.350 e. The maximum atomic E-state index is 14.1. The van der Waals surface area contributed by atoms with Crippen LogP contribution in [0.4, 0.5) is 5.69 Å². The van der Waals surface area contributed by atoms with E-state index in [9.17, 15) is 18.0 Å². The lowest BCUT2D eigenvalue weighted by atomic mass is 10.0. The fourth-order valence-corrected chi connectivity index (χ4v) is 5.50. The van der Waals surface area contributed by atoms with E-state index in [0.29, 0.717) is 16.3 Å². The third kappa shape index (κ3) is 8.81. The maximum absolute atomic E-state index is 14.1. The van der Waals surface area contributed by atoms with E-state index < -0.39 is 34.1 Å². The molecule has 0 saturated carbocycles. The number of benzene rings is 3. The Labute approximate surface area is 250 Å². The molecular formula is C30H35BrClN3O4S. The Bertz CT molecular complexity index is 1460. The fourth-order valence-electron chi connectivity index (χ4n) is 4.21. The summed E-state index contributed by atoms with van der Waals surface area (Å²) in [6.45, 7) is 6.97. The van der Waals surface area contributed by atoms with Crippen molar-refractivity contribution in [3.05, 3.63) is 99.0 Å². The topological polar surface area (TPSA) is 86.8 Å². The van der Waals surface area contributed by atoms with Gasteiger partial charge in [-0.1, -0.05) is 76.1 Å². The highest BCUT2D eigenvalue weighted by Crippen LogP contribution is 2.26. The number of anilines is 1. The quantitative estimate of drug-likeness (QED) is 0.304. The van der Waals surface area contributed by atoms with Crippen LogP contribution in [0.1, 0.15) is 37.5 Å². The summed E-state index contributed by atoms with van der Waals surface area (Å²) in [6.07, 6.45) is 1.29. The highest BCUT2D eigenvalue weighted by molar-refractivity contribution is 9.10. The summed E-state index contributed by atoms with van der Waals surface area (Å²) in [6, 6.07) is 20.6. The third-order valence-corrected chi connectivity index (χ3v) is 8.58. The van der Waals surface area contributed by atoms with E-state index in [-0.39, 0.29) is 18.9 Å². The second kappa shape index (κ2) is 13.2. The summed E-state index contributed by atoms with van der Waals surface area (Å²) >= 11 is 9.92. The molecule has 40 heavy (non-hydrogen) atoms. The molecule has 1 N–H and O–H groups in total. The predicted octanol–water partition coefficient (Wildman–Crippen LogP) is 5.73. The van der Waals surface area contributed by atoms with Gasteiger partial charge in [0.1, 0.15) is 12.6 Å². The number of nitrogens with one attached hydrogen (secondary N) is 1. The van der Waals surface area contributed by atoms with Crippen molar-refractivity contribution in [2.45, 2.75) is 52.2 Å². The van der Waals surface area contributed by atoms with Crippen LogP contribution in [-0.2, 0) is 32.6 Å². The van der Waals surface area contributed by atoms with Gasteiger partial charge in [0.25, 0.3) is 0 Å². The van der Waals surface area contributed by atoms with Crippen molar-refractivity contribution in [2.75, 3.05) is 17.1 Å². The average Bonchev–Trinajstić information content (AvgIpc) is 2.86. The van der Waals surface area contributed by atoms with Crippen LogP contribution in [0.5, 0.6) is 0 Å². The maximum Gasteiger partial charge on any atom is 0.244 e. The van der Waals surface area contributed by atoms with E-state index in [2.05, 4.69) is 21.2 Å². The summed E-state index contributed by atoms with van der Waals surface area (Å²) in [7, 11) is -3.85. The van der Waals surface area contributed by atoms with Gasteiger partial charge in [0.2, 0.25) is 21.8 Å². The van der Waals surface area contributed by atoms with E-state index in [1.807, 2.05) is 58.0 Å². The normalized spacial score (nSPS) is 12.5. The Morgan fingerprint density at radius 3 is 2.20 bits per heavy atom. The van der Waals surface area contributed by atoms with Gasteiger partial charge >= 0.3 is 0 Å². The second-order valence-electron chi connectivity index (χ2n) is 10.8. The number of sulfonamides is 1. The summed E-state index contributed by atoms with van der Waals surface area (Å²) < 4.78 is 27.7. The van der Waals surface area contributed by atoms with Gasteiger partial charge in [0.15, 0.2) is 0 Å². The fraction of sp³-hybridized carbons (Fsp3) is 0.333. The summed E-state index contributed by atoms with van der Waals surface area (Å²) in [5.41, 5.74) is 2.12. The van der Waals surface area contributed by atoms with Gasteiger partial charge < -0.3 is 10.2 Å². The number of carbonyl (C=O) groups excluding carboxylic acids is 2. The predicted molar refractivity (Wildman–Crippen MR) is 165 cm³/mol. The first-order chi connectivity index (χ1) is 18.7. The minimum atomic E-state index is -3.85. The van der Waals surface area contributed by atoms with Gasteiger partial charge in [0.05, 0.1) is 11.9 Å². The van der Waals surface area contributed by atoms with Crippen molar-refractivity contribution in [3.63, 3.8) is 0 Å². The average molecular weight is 649 g/mol. The van der Waals surface area contributed by atoms with Crippen LogP contribution in [0.3, 0.4) is 0 Å². The number of aryl methyl sites for hydroxylation is 1. The molecule has 0 saturated heterocycles. The van der Waals surface area contributed by atoms with Crippen molar-refractivity contribution in [1.82, 2.24) is 10.2 Å². The van der Waals surface area contributed by atoms with Gasteiger partial charge in [-0.05, 0) is 68.7 Å². The molecule has 0 radical (unpaired) electrons. The molecule has 0 heterocycles. The van der Waals surface area contributed by atoms with Crippen LogP contribution >= 0.6 is 27.5 Å². The van der Waals surface area contributed by atoms with Crippen molar-refractivity contribution in [3.8, 4) is 0 Å². The molecule has 214 valence electrons. The zero-order valence-electron chi connectivity index (χ0n) is 23.3. The number of nitrogens with zero attached hydrogens (tertiary/aromatic N) is 2. The molecule has 0 aliphatic rings. The molecule has 7 nitrogen and oxygen atoms in total. The van der Waals surface area contributed by atoms with Crippen LogP contribution in [0.25, 0.3) is 0 Å². The van der Waals surface area contributed by atoms with Gasteiger partial charge in [0, 0.05) is 28.0 Å². The molecule has 1 atom stereocenters. The molecule has 0 fully saturated rings. The van der Waals surface area contributed by atoms with Gasteiger partial charge in [-0.3, -0.25) is 13.9 Å². The first-order valence-electron chi connectivity index (χ1n) is 12.8. The third-order valence-electron chi connectivity index (χ3n) is 6.18. The Balaban J connectivity index is 2.10. The monoisotopic (exact) mass is 647 g/mol. The van der Waals surface area contributed by atoms with E-state index in [1.165, 1.54) is 4.90 Å². The van der Waals surface area contributed by atoms with Crippen LogP contribution in [-0.4, -0.2) is 49.5 Å². The molecule has 3 aromatic rings. The molecular weight excluding hydrogens is 614 g/mol. The molecule has 0 aromatic heterocycles. The molecule has 0 aliphatic carbocycles. The van der Waals surface area contributed by atoms with Crippen LogP contribution in [0, 0.1) is 6.92 Å². The lowest BCUT2D eigenvalue weighted by Crippen LogP contribution is -2.56. The molecule has 3 rings (SSSR count). The molecule has 0 aliphatic heterocycles. The summed E-state index contributed by atoms with van der Waals surface area (Å²) in [5, 5.41) is 3.44. The zero-order valence-corrected chi connectivity index (χ0v) is 26.5. The molecule has 3 aromatic carbocycles. The van der Waals surface area contributed by atoms with Gasteiger partial charge in [-0.15, -0.1) is 0 Å². The largest absolute Gasteiger partial charge is 0.350 e. The highest BCUT2D eigenvalue weighted by atomic mass is 79.9. The lowest BCUT2D eigenvalue weighted by Gasteiger charge is -2.35. The van der Waals surface area contributed by atoms with Crippen molar-refractivity contribution >= 4 is 55.1 Å². The van der Waals surface area contributed by atoms with E-state index in [1.54, 1.807) is 42.5 Å². The number of rotatable bonds is 10. The second-order valence-corrected chi connectivity index (χ2v) is 13.9. The zero-order chi connectivity index (χ0) is 29.7. The number of hydrogen-bond acceptors (Lipinski definition) is 4. The Kier molecular flexibility index (Phi) is 10.4. The first kappa shape index (κ1) is 31.6. The molecule has 2 amide bonds. The highest BCUT2D eigenvalue weighted by Gasteiger charge is 2.34. The molecule has 0 spiro atoms. The number of carbonyl (C=O) groups is 2. The smallest absolute Gasteiger partial charge is 0.244 e. The Morgan fingerprint density at radius 2 is 1.62 bits per heavy atom.